The molecule has 0 N–H and O–H groups in total. The quantitative estimate of drug-likeness (QED) is 0.223. The predicted molar refractivity (Wildman–Crippen MR) is 133 cm³/mol. The molecule has 0 amide bonds. The summed E-state index contributed by atoms with van der Waals surface area (Å²) in [5.74, 6) is 1.69. The van der Waals surface area contributed by atoms with Crippen molar-refractivity contribution in [2.45, 2.75) is 44.1 Å². The Balaban J connectivity index is 1.69. The second-order valence-electron chi connectivity index (χ2n) is 8.20. The topological polar surface area (TPSA) is 70.2 Å². The number of ether oxygens (including phenoxy) is 1. The Bertz CT molecular complexity index is 1330. The van der Waals surface area contributed by atoms with Crippen LogP contribution in [0.15, 0.2) is 56.8 Å². The third kappa shape index (κ3) is 5.16. The average Bonchev–Trinajstić information content (AvgIpc) is 3.18. The first-order valence-electron chi connectivity index (χ1n) is 10.8. The molecule has 172 valence electrons. The van der Waals surface area contributed by atoms with Gasteiger partial charge in [0.2, 0.25) is 0 Å². The summed E-state index contributed by atoms with van der Waals surface area (Å²) in [6.07, 6.45) is 0. The fourth-order valence-electron chi connectivity index (χ4n) is 3.87. The number of benzene rings is 2. The number of nitrogens with zero attached hydrogens (tertiary/aromatic N) is 3. The third-order valence-electron chi connectivity index (χ3n) is 5.53. The highest BCUT2D eigenvalue weighted by Gasteiger charge is 2.17. The SMILES string of the molecule is COCCn1c(SCc2cc(=O)oc3cc(C)c(C(C)C)cc23)nnc1-c1ccc(Cl)cc1. The Kier molecular flexibility index (Phi) is 7.22. The number of fused-ring (bicyclic) bond motifs is 1. The highest BCUT2D eigenvalue weighted by molar-refractivity contribution is 7.98. The molecular weight excluding hydrogens is 458 g/mol. The van der Waals surface area contributed by atoms with E-state index in [1.165, 1.54) is 17.3 Å². The van der Waals surface area contributed by atoms with Crippen molar-refractivity contribution in [2.75, 3.05) is 13.7 Å². The Morgan fingerprint density at radius 1 is 1.15 bits per heavy atom. The second kappa shape index (κ2) is 10.1. The first kappa shape index (κ1) is 23.5. The molecule has 0 bridgehead atoms. The van der Waals surface area contributed by atoms with E-state index in [0.29, 0.717) is 35.4 Å². The van der Waals surface area contributed by atoms with Crippen molar-refractivity contribution in [1.29, 1.82) is 0 Å². The summed E-state index contributed by atoms with van der Waals surface area (Å²) >= 11 is 7.58. The maximum absolute atomic E-state index is 12.2. The zero-order valence-corrected chi connectivity index (χ0v) is 20.7. The van der Waals surface area contributed by atoms with E-state index in [1.54, 1.807) is 13.2 Å². The van der Waals surface area contributed by atoms with Crippen molar-refractivity contribution in [1.82, 2.24) is 14.8 Å². The number of methoxy groups -OCH3 is 1. The zero-order valence-electron chi connectivity index (χ0n) is 19.1. The standard InChI is InChI=1S/C25H26ClN3O3S/c1-15(2)20-13-21-18(12-23(30)32-22(21)11-16(20)3)14-33-25-28-27-24(29(25)9-10-31-4)17-5-7-19(26)8-6-17/h5-8,11-13,15H,9-10,14H2,1-4H3. The highest BCUT2D eigenvalue weighted by atomic mass is 35.5. The molecule has 0 unspecified atom stereocenters. The molecule has 0 aliphatic heterocycles. The minimum atomic E-state index is -0.350. The van der Waals surface area contributed by atoms with Crippen LogP contribution in [0.25, 0.3) is 22.4 Å². The molecule has 2 aromatic heterocycles. The van der Waals surface area contributed by atoms with Crippen molar-refractivity contribution in [3.8, 4) is 11.4 Å². The predicted octanol–water partition coefficient (Wildman–Crippen LogP) is 6.08. The minimum Gasteiger partial charge on any atom is -0.423 e. The van der Waals surface area contributed by atoms with Crippen LogP contribution in [0.3, 0.4) is 0 Å². The summed E-state index contributed by atoms with van der Waals surface area (Å²) in [6.45, 7) is 7.52. The summed E-state index contributed by atoms with van der Waals surface area (Å²) in [7, 11) is 1.67. The van der Waals surface area contributed by atoms with E-state index in [2.05, 4.69) is 30.1 Å². The van der Waals surface area contributed by atoms with Gasteiger partial charge in [-0.15, -0.1) is 10.2 Å². The average molecular weight is 484 g/mol. The van der Waals surface area contributed by atoms with Crippen molar-refractivity contribution in [3.63, 3.8) is 0 Å². The Hall–Kier alpha value is -2.61. The molecule has 8 heteroatoms. The maximum atomic E-state index is 12.2. The molecule has 6 nitrogen and oxygen atoms in total. The number of hydrogen-bond acceptors (Lipinski definition) is 6. The molecule has 4 aromatic rings. The summed E-state index contributed by atoms with van der Waals surface area (Å²) in [5, 5.41) is 11.2. The van der Waals surface area contributed by atoms with Gasteiger partial charge in [0.05, 0.1) is 13.2 Å². The van der Waals surface area contributed by atoms with Gasteiger partial charge in [0.1, 0.15) is 5.58 Å². The van der Waals surface area contributed by atoms with Crippen LogP contribution in [0.1, 0.15) is 36.5 Å². The molecule has 0 radical (unpaired) electrons. The highest BCUT2D eigenvalue weighted by Crippen LogP contribution is 2.31. The summed E-state index contributed by atoms with van der Waals surface area (Å²) in [5.41, 5.74) is 4.48. The van der Waals surface area contributed by atoms with Gasteiger partial charge >= 0.3 is 5.63 Å². The van der Waals surface area contributed by atoms with Gasteiger partial charge in [-0.1, -0.05) is 37.2 Å². The van der Waals surface area contributed by atoms with Gasteiger partial charge in [-0.3, -0.25) is 4.57 Å². The van der Waals surface area contributed by atoms with Gasteiger partial charge in [0.25, 0.3) is 0 Å². The van der Waals surface area contributed by atoms with Crippen LogP contribution in [0.2, 0.25) is 5.02 Å². The fourth-order valence-corrected chi connectivity index (χ4v) is 4.95. The molecule has 0 saturated carbocycles. The summed E-state index contributed by atoms with van der Waals surface area (Å²) in [6, 6.07) is 13.2. The van der Waals surface area contributed by atoms with Gasteiger partial charge in [-0.05, 0) is 65.9 Å². The largest absolute Gasteiger partial charge is 0.423 e. The lowest BCUT2D eigenvalue weighted by Crippen LogP contribution is -2.08. The third-order valence-corrected chi connectivity index (χ3v) is 6.80. The molecule has 2 aromatic carbocycles. The lowest BCUT2D eigenvalue weighted by molar-refractivity contribution is 0.185. The van der Waals surface area contributed by atoms with Crippen LogP contribution in [-0.4, -0.2) is 28.5 Å². The lowest BCUT2D eigenvalue weighted by Gasteiger charge is -2.13. The number of hydrogen-bond donors (Lipinski definition) is 0. The van der Waals surface area contributed by atoms with Gasteiger partial charge in [0, 0.05) is 34.9 Å². The van der Waals surface area contributed by atoms with Gasteiger partial charge in [-0.25, -0.2) is 4.79 Å². The number of rotatable bonds is 8. The molecule has 4 rings (SSSR count). The van der Waals surface area contributed by atoms with Crippen LogP contribution in [0, 0.1) is 6.92 Å². The van der Waals surface area contributed by atoms with Crippen molar-refractivity contribution >= 4 is 34.3 Å². The van der Waals surface area contributed by atoms with Crippen molar-refractivity contribution < 1.29 is 9.15 Å². The normalized spacial score (nSPS) is 11.6. The monoisotopic (exact) mass is 483 g/mol. The molecule has 0 aliphatic rings. The number of thioether (sulfide) groups is 1. The number of halogens is 1. The van der Waals surface area contributed by atoms with Crippen molar-refractivity contribution in [3.05, 3.63) is 74.6 Å². The van der Waals surface area contributed by atoms with Crippen LogP contribution in [0.5, 0.6) is 0 Å². The Labute approximate surface area is 201 Å². The number of aromatic nitrogens is 3. The Morgan fingerprint density at radius 3 is 2.61 bits per heavy atom. The molecule has 0 saturated heterocycles. The van der Waals surface area contributed by atoms with E-state index < -0.39 is 0 Å². The molecule has 33 heavy (non-hydrogen) atoms. The molecule has 2 heterocycles. The molecule has 0 aliphatic carbocycles. The summed E-state index contributed by atoms with van der Waals surface area (Å²) in [4.78, 5) is 12.2. The molecule has 0 atom stereocenters. The Morgan fingerprint density at radius 2 is 1.91 bits per heavy atom. The van der Waals surface area contributed by atoms with E-state index in [1.807, 2.05) is 41.8 Å². The molecular formula is C25H26ClN3O3S. The van der Waals surface area contributed by atoms with Gasteiger partial charge < -0.3 is 9.15 Å². The first-order valence-corrected chi connectivity index (χ1v) is 12.1. The summed E-state index contributed by atoms with van der Waals surface area (Å²) < 4.78 is 12.8. The van der Waals surface area contributed by atoms with Crippen molar-refractivity contribution in [2.24, 2.45) is 0 Å². The number of aryl methyl sites for hydroxylation is 1. The van der Waals surface area contributed by atoms with E-state index in [-0.39, 0.29) is 5.63 Å². The lowest BCUT2D eigenvalue weighted by atomic mass is 9.95. The minimum absolute atomic E-state index is 0.350. The fraction of sp³-hybridized carbons (Fsp3) is 0.320. The van der Waals surface area contributed by atoms with E-state index in [9.17, 15) is 4.79 Å². The molecule has 0 fully saturated rings. The second-order valence-corrected chi connectivity index (χ2v) is 9.58. The van der Waals surface area contributed by atoms with Crippen LogP contribution in [0.4, 0.5) is 0 Å². The van der Waals surface area contributed by atoms with E-state index >= 15 is 0 Å². The van der Waals surface area contributed by atoms with E-state index in [4.69, 9.17) is 20.8 Å². The molecule has 0 spiro atoms. The van der Waals surface area contributed by atoms with Crippen LogP contribution in [-0.2, 0) is 17.0 Å². The maximum Gasteiger partial charge on any atom is 0.336 e. The van der Waals surface area contributed by atoms with Gasteiger partial charge in [0.15, 0.2) is 11.0 Å². The zero-order chi connectivity index (χ0) is 23.5. The van der Waals surface area contributed by atoms with E-state index in [0.717, 1.165) is 33.1 Å². The van der Waals surface area contributed by atoms with Crippen LogP contribution < -0.4 is 5.63 Å². The van der Waals surface area contributed by atoms with Crippen LogP contribution >= 0.6 is 23.4 Å². The van der Waals surface area contributed by atoms with Gasteiger partial charge in [-0.2, -0.15) is 0 Å². The smallest absolute Gasteiger partial charge is 0.336 e. The first-order chi connectivity index (χ1) is 15.9.